The van der Waals surface area contributed by atoms with Crippen molar-refractivity contribution in [3.05, 3.63) is 78.6 Å². The summed E-state index contributed by atoms with van der Waals surface area (Å²) < 4.78 is 32.5. The molecule has 3 rings (SSSR count). The predicted molar refractivity (Wildman–Crippen MR) is 102 cm³/mol. The van der Waals surface area contributed by atoms with Gasteiger partial charge in [-0.25, -0.2) is 8.42 Å². The highest BCUT2D eigenvalue weighted by atomic mass is 32.2. The van der Waals surface area contributed by atoms with Crippen molar-refractivity contribution in [3.63, 3.8) is 0 Å². The third-order valence-corrected chi connectivity index (χ3v) is 5.15. The van der Waals surface area contributed by atoms with E-state index in [1.165, 1.54) is 19.2 Å². The van der Waals surface area contributed by atoms with E-state index in [-0.39, 0.29) is 4.90 Å². The normalized spacial score (nSPS) is 11.0. The minimum absolute atomic E-state index is 0.179. The Labute approximate surface area is 152 Å². The van der Waals surface area contributed by atoms with Crippen LogP contribution in [-0.4, -0.2) is 20.5 Å². The molecular formula is C19H19N3O3S. The highest BCUT2D eigenvalue weighted by Gasteiger charge is 2.14. The molecule has 7 heteroatoms. The number of anilines is 2. The second-order valence-corrected chi connectivity index (χ2v) is 7.25. The molecule has 1 aromatic heterocycles. The molecule has 2 aromatic carbocycles. The van der Waals surface area contributed by atoms with E-state index in [0.717, 1.165) is 11.3 Å². The summed E-state index contributed by atoms with van der Waals surface area (Å²) in [6, 6.07) is 17.2. The average molecular weight is 369 g/mol. The van der Waals surface area contributed by atoms with Crippen molar-refractivity contribution >= 4 is 21.4 Å². The fourth-order valence-corrected chi connectivity index (χ4v) is 3.39. The molecule has 134 valence electrons. The highest BCUT2D eigenvalue weighted by molar-refractivity contribution is 7.92. The first-order valence-electron chi connectivity index (χ1n) is 7.96. The van der Waals surface area contributed by atoms with Gasteiger partial charge in [0.25, 0.3) is 10.0 Å². The van der Waals surface area contributed by atoms with E-state index >= 15 is 0 Å². The third kappa shape index (κ3) is 4.52. The summed E-state index contributed by atoms with van der Waals surface area (Å²) in [5, 5.41) is 3.28. The summed E-state index contributed by atoms with van der Waals surface area (Å²) in [6.45, 7) is 0.666. The van der Waals surface area contributed by atoms with Crippen LogP contribution in [-0.2, 0) is 16.6 Å². The Morgan fingerprint density at radius 2 is 1.50 bits per heavy atom. The van der Waals surface area contributed by atoms with Crippen LogP contribution in [0.25, 0.3) is 0 Å². The molecule has 0 saturated carbocycles. The van der Waals surface area contributed by atoms with Gasteiger partial charge in [0.05, 0.1) is 12.0 Å². The first-order chi connectivity index (χ1) is 12.6. The van der Waals surface area contributed by atoms with Gasteiger partial charge in [0, 0.05) is 30.3 Å². The van der Waals surface area contributed by atoms with Crippen LogP contribution < -0.4 is 14.8 Å². The number of nitrogens with one attached hydrogen (secondary N) is 2. The number of sulfonamides is 1. The molecule has 0 aliphatic rings. The van der Waals surface area contributed by atoms with Gasteiger partial charge in [-0.1, -0.05) is 0 Å². The summed E-state index contributed by atoms with van der Waals surface area (Å²) in [5.41, 5.74) is 2.51. The Bertz CT molecular complexity index is 942. The molecule has 26 heavy (non-hydrogen) atoms. The number of methoxy groups -OCH3 is 1. The van der Waals surface area contributed by atoms with Crippen molar-refractivity contribution in [1.29, 1.82) is 0 Å². The number of aromatic nitrogens is 1. The lowest BCUT2D eigenvalue weighted by atomic mass is 10.2. The lowest BCUT2D eigenvalue weighted by molar-refractivity contribution is 0.414. The van der Waals surface area contributed by atoms with E-state index in [1.54, 1.807) is 36.7 Å². The number of nitrogens with zero attached hydrogens (tertiary/aromatic N) is 1. The van der Waals surface area contributed by atoms with E-state index in [1.807, 2.05) is 24.3 Å². The molecule has 0 fully saturated rings. The van der Waals surface area contributed by atoms with Gasteiger partial charge in [0.1, 0.15) is 5.75 Å². The Morgan fingerprint density at radius 3 is 2.12 bits per heavy atom. The van der Waals surface area contributed by atoms with Crippen molar-refractivity contribution in [3.8, 4) is 5.75 Å². The van der Waals surface area contributed by atoms with E-state index in [0.29, 0.717) is 18.0 Å². The van der Waals surface area contributed by atoms with Crippen LogP contribution in [0.1, 0.15) is 5.56 Å². The lowest BCUT2D eigenvalue weighted by Crippen LogP contribution is -2.12. The van der Waals surface area contributed by atoms with Crippen molar-refractivity contribution in [2.75, 3.05) is 17.1 Å². The van der Waals surface area contributed by atoms with Crippen LogP contribution >= 0.6 is 0 Å². The van der Waals surface area contributed by atoms with Crippen molar-refractivity contribution in [1.82, 2.24) is 4.98 Å². The first-order valence-corrected chi connectivity index (χ1v) is 9.45. The van der Waals surface area contributed by atoms with Gasteiger partial charge in [-0.15, -0.1) is 0 Å². The second-order valence-electron chi connectivity index (χ2n) is 5.57. The van der Waals surface area contributed by atoms with Crippen molar-refractivity contribution in [2.24, 2.45) is 0 Å². The molecule has 0 aliphatic carbocycles. The molecule has 0 atom stereocenters. The Balaban J connectivity index is 1.64. The van der Waals surface area contributed by atoms with Crippen LogP contribution in [0.4, 0.5) is 11.4 Å². The maximum Gasteiger partial charge on any atom is 0.261 e. The van der Waals surface area contributed by atoms with Crippen LogP contribution in [0, 0.1) is 0 Å². The largest absolute Gasteiger partial charge is 0.497 e. The average Bonchev–Trinajstić information content (AvgIpc) is 2.68. The topological polar surface area (TPSA) is 80.3 Å². The fourth-order valence-electron chi connectivity index (χ4n) is 2.33. The Hall–Kier alpha value is -3.06. The van der Waals surface area contributed by atoms with Crippen molar-refractivity contribution < 1.29 is 13.2 Å². The zero-order valence-corrected chi connectivity index (χ0v) is 15.0. The maximum atomic E-state index is 12.4. The van der Waals surface area contributed by atoms with Gasteiger partial charge in [0.2, 0.25) is 0 Å². The van der Waals surface area contributed by atoms with Gasteiger partial charge in [-0.2, -0.15) is 0 Å². The quantitative estimate of drug-likeness (QED) is 0.666. The minimum atomic E-state index is -3.64. The molecule has 0 spiro atoms. The SMILES string of the molecule is COc1ccc(S(=O)(=O)Nc2ccc(NCc3ccncc3)cc2)cc1. The van der Waals surface area contributed by atoms with Crippen LogP contribution in [0.15, 0.2) is 78.0 Å². The standard InChI is InChI=1S/C19H19N3O3S/c1-25-18-6-8-19(9-7-18)26(23,24)22-17-4-2-16(3-5-17)21-14-15-10-12-20-13-11-15/h2-13,21-22H,14H2,1H3. The number of benzene rings is 2. The molecule has 3 aromatic rings. The molecule has 0 radical (unpaired) electrons. The van der Waals surface area contributed by atoms with Crippen LogP contribution in [0.3, 0.4) is 0 Å². The predicted octanol–water partition coefficient (Wildman–Crippen LogP) is 3.50. The summed E-state index contributed by atoms with van der Waals surface area (Å²) in [7, 11) is -2.11. The van der Waals surface area contributed by atoms with Crippen LogP contribution in [0.5, 0.6) is 5.75 Å². The fraction of sp³-hybridized carbons (Fsp3) is 0.105. The molecule has 0 bridgehead atoms. The van der Waals surface area contributed by atoms with E-state index in [2.05, 4.69) is 15.0 Å². The lowest BCUT2D eigenvalue weighted by Gasteiger charge is -2.10. The zero-order valence-electron chi connectivity index (χ0n) is 14.2. The first kappa shape index (κ1) is 17.8. The van der Waals surface area contributed by atoms with E-state index < -0.39 is 10.0 Å². The summed E-state index contributed by atoms with van der Waals surface area (Å²) in [6.07, 6.45) is 3.49. The van der Waals surface area contributed by atoms with Gasteiger partial charge >= 0.3 is 0 Å². The maximum absolute atomic E-state index is 12.4. The molecule has 1 heterocycles. The van der Waals surface area contributed by atoms with Gasteiger partial charge in [-0.3, -0.25) is 9.71 Å². The second kappa shape index (κ2) is 7.88. The third-order valence-electron chi connectivity index (χ3n) is 3.75. The number of hydrogen-bond acceptors (Lipinski definition) is 5. The Kier molecular flexibility index (Phi) is 5.38. The molecule has 0 unspecified atom stereocenters. The molecule has 6 nitrogen and oxygen atoms in total. The summed E-state index contributed by atoms with van der Waals surface area (Å²) in [5.74, 6) is 0.605. The number of hydrogen-bond donors (Lipinski definition) is 2. The van der Waals surface area contributed by atoms with Crippen LogP contribution in [0.2, 0.25) is 0 Å². The minimum Gasteiger partial charge on any atom is -0.497 e. The smallest absolute Gasteiger partial charge is 0.261 e. The van der Waals surface area contributed by atoms with E-state index in [4.69, 9.17) is 4.74 Å². The van der Waals surface area contributed by atoms with Gasteiger partial charge < -0.3 is 10.1 Å². The monoisotopic (exact) mass is 369 g/mol. The molecule has 0 amide bonds. The molecule has 2 N–H and O–H groups in total. The van der Waals surface area contributed by atoms with Gasteiger partial charge in [0.15, 0.2) is 0 Å². The zero-order chi connectivity index (χ0) is 18.4. The Morgan fingerprint density at radius 1 is 0.885 bits per heavy atom. The number of pyridine rings is 1. The van der Waals surface area contributed by atoms with E-state index in [9.17, 15) is 8.42 Å². The number of rotatable bonds is 7. The highest BCUT2D eigenvalue weighted by Crippen LogP contribution is 2.20. The summed E-state index contributed by atoms with van der Waals surface area (Å²) >= 11 is 0. The molecular weight excluding hydrogens is 350 g/mol. The van der Waals surface area contributed by atoms with Gasteiger partial charge in [-0.05, 0) is 66.2 Å². The van der Waals surface area contributed by atoms with Crippen molar-refractivity contribution in [2.45, 2.75) is 11.4 Å². The molecule has 0 saturated heterocycles. The summed E-state index contributed by atoms with van der Waals surface area (Å²) in [4.78, 5) is 4.16. The molecule has 0 aliphatic heterocycles. The number of ether oxygens (including phenoxy) is 1.